The number of hydrogen-bond donors (Lipinski definition) is 2. The number of nitrogens with one attached hydrogen (secondary N) is 1. The first-order valence-corrected chi connectivity index (χ1v) is 8.39. The molecule has 0 aromatic heterocycles. The summed E-state index contributed by atoms with van der Waals surface area (Å²) in [4.78, 5) is 0. The van der Waals surface area contributed by atoms with Gasteiger partial charge in [0.25, 0.3) is 0 Å². The van der Waals surface area contributed by atoms with Gasteiger partial charge in [-0.25, -0.2) is 13.1 Å². The highest BCUT2D eigenvalue weighted by Gasteiger charge is 2.10. The molecule has 0 fully saturated rings. The highest BCUT2D eigenvalue weighted by molar-refractivity contribution is 7.98. The Hall–Kier alpha value is -0.720. The van der Waals surface area contributed by atoms with E-state index < -0.39 is 10.0 Å². The van der Waals surface area contributed by atoms with Crippen LogP contribution < -0.4 is 10.5 Å². The molecular formula is C11H18N2O2S2. The summed E-state index contributed by atoms with van der Waals surface area (Å²) in [5.41, 5.74) is 6.89. The van der Waals surface area contributed by atoms with E-state index in [9.17, 15) is 8.42 Å². The third-order valence-corrected chi connectivity index (χ3v) is 4.21. The van der Waals surface area contributed by atoms with Crippen molar-refractivity contribution in [2.24, 2.45) is 0 Å². The fourth-order valence-corrected chi connectivity index (χ4v) is 3.01. The van der Waals surface area contributed by atoms with Gasteiger partial charge in [-0.2, -0.15) is 11.8 Å². The molecule has 17 heavy (non-hydrogen) atoms. The van der Waals surface area contributed by atoms with Crippen LogP contribution in [0, 0.1) is 0 Å². The lowest BCUT2D eigenvalue weighted by Gasteiger charge is -2.06. The highest BCUT2D eigenvalue weighted by atomic mass is 32.2. The van der Waals surface area contributed by atoms with Crippen molar-refractivity contribution in [3.05, 3.63) is 29.8 Å². The molecule has 0 unspecified atom stereocenters. The Balaban J connectivity index is 2.49. The Labute approximate surface area is 107 Å². The molecule has 0 aliphatic rings. The molecule has 96 valence electrons. The van der Waals surface area contributed by atoms with Crippen molar-refractivity contribution in [3.63, 3.8) is 0 Å². The fourth-order valence-electron chi connectivity index (χ4n) is 1.40. The zero-order valence-electron chi connectivity index (χ0n) is 9.85. The van der Waals surface area contributed by atoms with Gasteiger partial charge in [-0.05, 0) is 36.1 Å². The zero-order valence-corrected chi connectivity index (χ0v) is 11.5. The van der Waals surface area contributed by atoms with E-state index >= 15 is 0 Å². The van der Waals surface area contributed by atoms with Crippen molar-refractivity contribution >= 4 is 27.5 Å². The first-order valence-electron chi connectivity index (χ1n) is 5.34. The predicted octanol–water partition coefficient (Wildman–Crippen LogP) is 1.44. The topological polar surface area (TPSA) is 72.2 Å². The number of rotatable bonds is 7. The van der Waals surface area contributed by atoms with Gasteiger partial charge in [0.2, 0.25) is 10.0 Å². The van der Waals surface area contributed by atoms with Gasteiger partial charge in [-0.15, -0.1) is 0 Å². The summed E-state index contributed by atoms with van der Waals surface area (Å²) in [6.07, 6.45) is 2.85. The lowest BCUT2D eigenvalue weighted by atomic mass is 10.2. The van der Waals surface area contributed by atoms with Crippen molar-refractivity contribution in [3.8, 4) is 0 Å². The standard InChI is InChI=1S/C11H18N2O2S2/c1-16-7-3-6-13-17(14,15)9-10-4-2-5-11(12)8-10/h2,4-5,8,13H,3,6-7,9,12H2,1H3. The molecular weight excluding hydrogens is 256 g/mol. The van der Waals surface area contributed by atoms with Gasteiger partial charge in [0.1, 0.15) is 0 Å². The van der Waals surface area contributed by atoms with Gasteiger partial charge in [0.15, 0.2) is 0 Å². The summed E-state index contributed by atoms with van der Waals surface area (Å²) in [7, 11) is -3.25. The lowest BCUT2D eigenvalue weighted by Crippen LogP contribution is -2.26. The van der Waals surface area contributed by atoms with Crippen LogP contribution in [0.5, 0.6) is 0 Å². The van der Waals surface area contributed by atoms with Crippen molar-refractivity contribution in [1.29, 1.82) is 0 Å². The molecule has 0 atom stereocenters. The molecule has 0 spiro atoms. The number of anilines is 1. The van der Waals surface area contributed by atoms with E-state index in [1.165, 1.54) is 0 Å². The van der Waals surface area contributed by atoms with Crippen molar-refractivity contribution in [2.45, 2.75) is 12.2 Å². The molecule has 0 amide bonds. The van der Waals surface area contributed by atoms with Crippen molar-refractivity contribution in [1.82, 2.24) is 4.72 Å². The van der Waals surface area contributed by atoms with E-state index in [0.29, 0.717) is 17.8 Å². The second-order valence-corrected chi connectivity index (χ2v) is 6.54. The zero-order chi connectivity index (χ0) is 12.7. The molecule has 4 nitrogen and oxygen atoms in total. The monoisotopic (exact) mass is 274 g/mol. The SMILES string of the molecule is CSCCCNS(=O)(=O)Cc1cccc(N)c1. The Morgan fingerprint density at radius 2 is 2.18 bits per heavy atom. The molecule has 0 aliphatic heterocycles. The van der Waals surface area contributed by atoms with E-state index in [1.807, 2.05) is 6.26 Å². The van der Waals surface area contributed by atoms with Crippen LogP contribution in [0.3, 0.4) is 0 Å². The predicted molar refractivity (Wildman–Crippen MR) is 74.5 cm³/mol. The quantitative estimate of drug-likeness (QED) is 0.583. The van der Waals surface area contributed by atoms with Gasteiger partial charge in [-0.3, -0.25) is 0 Å². The maximum atomic E-state index is 11.7. The summed E-state index contributed by atoms with van der Waals surface area (Å²) in [5.74, 6) is 0.943. The van der Waals surface area contributed by atoms with Crippen LogP contribution in [0.15, 0.2) is 24.3 Å². The summed E-state index contributed by atoms with van der Waals surface area (Å²) < 4.78 is 26.0. The van der Waals surface area contributed by atoms with E-state index in [2.05, 4.69) is 4.72 Å². The summed E-state index contributed by atoms with van der Waals surface area (Å²) >= 11 is 1.71. The van der Waals surface area contributed by atoms with Gasteiger partial charge in [-0.1, -0.05) is 12.1 Å². The van der Waals surface area contributed by atoms with Gasteiger partial charge in [0.05, 0.1) is 5.75 Å². The molecule has 1 rings (SSSR count). The third-order valence-electron chi connectivity index (χ3n) is 2.15. The van der Waals surface area contributed by atoms with E-state index in [-0.39, 0.29) is 5.75 Å². The van der Waals surface area contributed by atoms with Crippen LogP contribution in [-0.4, -0.2) is 27.0 Å². The Kier molecular flexibility index (Phi) is 5.80. The smallest absolute Gasteiger partial charge is 0.215 e. The average Bonchev–Trinajstić information content (AvgIpc) is 2.24. The van der Waals surface area contributed by atoms with Gasteiger partial charge >= 0.3 is 0 Å². The maximum Gasteiger partial charge on any atom is 0.215 e. The molecule has 0 saturated heterocycles. The third kappa shape index (κ3) is 5.95. The second kappa shape index (κ2) is 6.88. The minimum absolute atomic E-state index is 0.0166. The summed E-state index contributed by atoms with van der Waals surface area (Å²) in [6.45, 7) is 0.492. The number of nitrogens with two attached hydrogens (primary N) is 1. The number of nitrogen functional groups attached to an aromatic ring is 1. The van der Waals surface area contributed by atoms with Gasteiger partial charge < -0.3 is 5.73 Å². The number of benzene rings is 1. The van der Waals surface area contributed by atoms with Crippen LogP contribution in [0.4, 0.5) is 5.69 Å². The molecule has 0 heterocycles. The summed E-state index contributed by atoms with van der Waals surface area (Å²) in [6, 6.07) is 6.94. The number of hydrogen-bond acceptors (Lipinski definition) is 4. The van der Waals surface area contributed by atoms with Crippen molar-refractivity contribution < 1.29 is 8.42 Å². The Bertz CT molecular complexity index is 447. The largest absolute Gasteiger partial charge is 0.399 e. The lowest BCUT2D eigenvalue weighted by molar-refractivity contribution is 0.580. The Morgan fingerprint density at radius 1 is 1.41 bits per heavy atom. The minimum atomic E-state index is -3.25. The first-order chi connectivity index (χ1) is 8.03. The molecule has 0 aliphatic carbocycles. The van der Waals surface area contributed by atoms with Crippen LogP contribution in [0.2, 0.25) is 0 Å². The average molecular weight is 274 g/mol. The number of sulfonamides is 1. The molecule has 0 saturated carbocycles. The van der Waals surface area contributed by atoms with Gasteiger partial charge in [0, 0.05) is 12.2 Å². The van der Waals surface area contributed by atoms with Crippen LogP contribution >= 0.6 is 11.8 Å². The molecule has 1 aromatic rings. The molecule has 0 radical (unpaired) electrons. The minimum Gasteiger partial charge on any atom is -0.399 e. The number of thioether (sulfide) groups is 1. The highest BCUT2D eigenvalue weighted by Crippen LogP contribution is 2.09. The maximum absolute atomic E-state index is 11.7. The van der Waals surface area contributed by atoms with Crippen LogP contribution in [0.25, 0.3) is 0 Å². The first kappa shape index (κ1) is 14.3. The van der Waals surface area contributed by atoms with E-state index in [4.69, 9.17) is 5.73 Å². The Morgan fingerprint density at radius 3 is 2.82 bits per heavy atom. The molecule has 0 bridgehead atoms. The summed E-state index contributed by atoms with van der Waals surface area (Å²) in [5, 5.41) is 0. The second-order valence-electron chi connectivity index (χ2n) is 3.74. The van der Waals surface area contributed by atoms with E-state index in [0.717, 1.165) is 12.2 Å². The van der Waals surface area contributed by atoms with Crippen LogP contribution in [-0.2, 0) is 15.8 Å². The van der Waals surface area contributed by atoms with Crippen molar-refractivity contribution in [2.75, 3.05) is 24.3 Å². The fraction of sp³-hybridized carbons (Fsp3) is 0.455. The molecule has 6 heteroatoms. The van der Waals surface area contributed by atoms with Crippen LogP contribution in [0.1, 0.15) is 12.0 Å². The normalized spacial score (nSPS) is 11.6. The van der Waals surface area contributed by atoms with E-state index in [1.54, 1.807) is 36.0 Å². The molecule has 3 N–H and O–H groups in total. The molecule has 1 aromatic carbocycles.